The van der Waals surface area contributed by atoms with Gasteiger partial charge in [-0.3, -0.25) is 4.79 Å². The van der Waals surface area contributed by atoms with Gasteiger partial charge in [0.25, 0.3) is 5.91 Å². The third-order valence-corrected chi connectivity index (χ3v) is 3.95. The van der Waals surface area contributed by atoms with Crippen molar-refractivity contribution in [3.63, 3.8) is 0 Å². The number of aromatic nitrogens is 2. The predicted octanol–water partition coefficient (Wildman–Crippen LogP) is 2.11. The quantitative estimate of drug-likeness (QED) is 0.845. The molecule has 1 saturated heterocycles. The predicted molar refractivity (Wildman–Crippen MR) is 76.6 cm³/mol. The van der Waals surface area contributed by atoms with Crippen LogP contribution in [-0.4, -0.2) is 40.7 Å². The van der Waals surface area contributed by atoms with Crippen molar-refractivity contribution in [3.8, 4) is 0 Å². The summed E-state index contributed by atoms with van der Waals surface area (Å²) >= 11 is 0. The molecular weight excluding hydrogens is 286 g/mol. The number of aryl methyl sites for hydroxylation is 3. The Balaban J connectivity index is 1.81. The van der Waals surface area contributed by atoms with Crippen LogP contribution in [0.4, 0.5) is 0 Å². The Labute approximate surface area is 128 Å². The summed E-state index contributed by atoms with van der Waals surface area (Å²) in [6.07, 6.45) is -0.382. The fourth-order valence-corrected chi connectivity index (χ4v) is 2.69. The number of furan rings is 1. The van der Waals surface area contributed by atoms with Gasteiger partial charge in [0.1, 0.15) is 11.5 Å². The van der Waals surface area contributed by atoms with Gasteiger partial charge in [0.15, 0.2) is 6.10 Å². The highest BCUT2D eigenvalue weighted by Gasteiger charge is 2.31. The summed E-state index contributed by atoms with van der Waals surface area (Å²) in [5, 5.41) is 7.78. The summed E-state index contributed by atoms with van der Waals surface area (Å²) in [5.74, 6) is 2.28. The number of nitrogens with zero attached hydrogens (tertiary/aromatic N) is 3. The Morgan fingerprint density at radius 1 is 1.14 bits per heavy atom. The molecule has 0 bridgehead atoms. The van der Waals surface area contributed by atoms with Gasteiger partial charge in [-0.25, -0.2) is 0 Å². The average Bonchev–Trinajstić information content (AvgIpc) is 3.03. The highest BCUT2D eigenvalue weighted by molar-refractivity contribution is 5.97. The number of ether oxygens (including phenoxy) is 1. The molecule has 1 amide bonds. The van der Waals surface area contributed by atoms with Crippen LogP contribution in [0, 0.1) is 27.7 Å². The van der Waals surface area contributed by atoms with Gasteiger partial charge >= 0.3 is 0 Å². The summed E-state index contributed by atoms with van der Waals surface area (Å²) in [4.78, 5) is 14.5. The fraction of sp³-hybridized carbons (Fsp3) is 0.533. The van der Waals surface area contributed by atoms with E-state index in [0.717, 1.165) is 11.3 Å². The van der Waals surface area contributed by atoms with E-state index in [1.54, 1.807) is 11.8 Å². The van der Waals surface area contributed by atoms with Crippen LogP contribution in [0.1, 0.15) is 45.3 Å². The second-order valence-corrected chi connectivity index (χ2v) is 5.48. The molecule has 1 fully saturated rings. The van der Waals surface area contributed by atoms with Gasteiger partial charge in [0.05, 0.1) is 18.7 Å². The largest absolute Gasteiger partial charge is 0.466 e. The Bertz CT molecular complexity index is 704. The molecule has 7 nitrogen and oxygen atoms in total. The molecule has 22 heavy (non-hydrogen) atoms. The van der Waals surface area contributed by atoms with Crippen molar-refractivity contribution in [3.05, 3.63) is 34.4 Å². The van der Waals surface area contributed by atoms with E-state index in [-0.39, 0.29) is 12.0 Å². The van der Waals surface area contributed by atoms with Crippen molar-refractivity contribution in [2.75, 3.05) is 19.7 Å². The maximum Gasteiger partial charge on any atom is 0.257 e. The third kappa shape index (κ3) is 2.52. The Hall–Kier alpha value is -2.15. The molecule has 0 aromatic carbocycles. The zero-order valence-electron chi connectivity index (χ0n) is 13.2. The lowest BCUT2D eigenvalue weighted by molar-refractivity contribution is -0.0350. The second-order valence-electron chi connectivity index (χ2n) is 5.48. The van der Waals surface area contributed by atoms with E-state index < -0.39 is 0 Å². The SMILES string of the molecule is Cc1nnc([C@H]2CN(C(=O)c3c(C)oc(C)c3C)CCO2)o1. The van der Waals surface area contributed by atoms with E-state index in [1.807, 2.05) is 20.8 Å². The van der Waals surface area contributed by atoms with Gasteiger partial charge in [0.2, 0.25) is 11.8 Å². The van der Waals surface area contributed by atoms with Crippen LogP contribution in [0.5, 0.6) is 0 Å². The summed E-state index contributed by atoms with van der Waals surface area (Å²) < 4.78 is 16.6. The zero-order valence-corrected chi connectivity index (χ0v) is 13.2. The van der Waals surface area contributed by atoms with Crippen LogP contribution in [0.3, 0.4) is 0 Å². The number of morpholine rings is 1. The normalized spacial score (nSPS) is 18.7. The average molecular weight is 305 g/mol. The van der Waals surface area contributed by atoms with Crippen LogP contribution in [0.2, 0.25) is 0 Å². The molecule has 2 aromatic rings. The Morgan fingerprint density at radius 2 is 1.91 bits per heavy atom. The molecule has 0 spiro atoms. The van der Waals surface area contributed by atoms with Gasteiger partial charge in [-0.15, -0.1) is 10.2 Å². The standard InChI is InChI=1S/C15H19N3O4/c1-8-9(2)21-10(3)13(8)15(19)18-5-6-20-12(7-18)14-17-16-11(4)22-14/h12H,5-7H2,1-4H3/t12-/m1/s1. The molecule has 1 aliphatic rings. The lowest BCUT2D eigenvalue weighted by atomic mass is 10.1. The maximum atomic E-state index is 12.8. The number of carbonyl (C=O) groups is 1. The summed E-state index contributed by atoms with van der Waals surface area (Å²) in [6, 6.07) is 0. The lowest BCUT2D eigenvalue weighted by Gasteiger charge is -2.31. The van der Waals surface area contributed by atoms with E-state index in [2.05, 4.69) is 10.2 Å². The van der Waals surface area contributed by atoms with Crippen molar-refractivity contribution < 1.29 is 18.4 Å². The van der Waals surface area contributed by atoms with Crippen LogP contribution in [0.25, 0.3) is 0 Å². The third-order valence-electron chi connectivity index (χ3n) is 3.95. The van der Waals surface area contributed by atoms with E-state index in [0.29, 0.717) is 42.8 Å². The van der Waals surface area contributed by atoms with Gasteiger partial charge in [0, 0.05) is 19.0 Å². The van der Waals surface area contributed by atoms with Crippen molar-refractivity contribution in [1.29, 1.82) is 0 Å². The Morgan fingerprint density at radius 3 is 2.50 bits per heavy atom. The van der Waals surface area contributed by atoms with E-state index in [1.165, 1.54) is 0 Å². The highest BCUT2D eigenvalue weighted by atomic mass is 16.5. The van der Waals surface area contributed by atoms with Gasteiger partial charge in [-0.2, -0.15) is 0 Å². The van der Waals surface area contributed by atoms with Crippen LogP contribution < -0.4 is 0 Å². The van der Waals surface area contributed by atoms with Crippen LogP contribution in [0.15, 0.2) is 8.83 Å². The van der Waals surface area contributed by atoms with Gasteiger partial charge < -0.3 is 18.5 Å². The first-order valence-electron chi connectivity index (χ1n) is 7.25. The lowest BCUT2D eigenvalue weighted by Crippen LogP contribution is -2.42. The highest BCUT2D eigenvalue weighted by Crippen LogP contribution is 2.26. The van der Waals surface area contributed by atoms with Crippen molar-refractivity contribution in [2.24, 2.45) is 0 Å². The summed E-state index contributed by atoms with van der Waals surface area (Å²) in [5.41, 5.74) is 1.53. The smallest absolute Gasteiger partial charge is 0.257 e. The van der Waals surface area contributed by atoms with E-state index in [9.17, 15) is 4.79 Å². The molecule has 0 saturated carbocycles. The molecule has 118 valence electrons. The number of rotatable bonds is 2. The molecule has 0 N–H and O–H groups in total. The molecular formula is C15H19N3O4. The number of carbonyl (C=O) groups excluding carboxylic acids is 1. The first-order chi connectivity index (χ1) is 10.5. The zero-order chi connectivity index (χ0) is 15.9. The van der Waals surface area contributed by atoms with Crippen molar-refractivity contribution in [2.45, 2.75) is 33.8 Å². The van der Waals surface area contributed by atoms with Crippen molar-refractivity contribution in [1.82, 2.24) is 15.1 Å². The minimum absolute atomic E-state index is 0.0450. The topological polar surface area (TPSA) is 81.6 Å². The first kappa shape index (κ1) is 14.8. The minimum Gasteiger partial charge on any atom is -0.466 e. The molecule has 0 unspecified atom stereocenters. The molecule has 3 rings (SSSR count). The van der Waals surface area contributed by atoms with Gasteiger partial charge in [-0.05, 0) is 20.8 Å². The molecule has 1 aliphatic heterocycles. The summed E-state index contributed by atoms with van der Waals surface area (Å²) in [7, 11) is 0. The molecule has 1 atom stereocenters. The maximum absolute atomic E-state index is 12.8. The van der Waals surface area contributed by atoms with Crippen molar-refractivity contribution >= 4 is 5.91 Å². The Kier molecular flexibility index (Phi) is 3.74. The number of amides is 1. The monoisotopic (exact) mass is 305 g/mol. The first-order valence-corrected chi connectivity index (χ1v) is 7.25. The molecule has 2 aromatic heterocycles. The number of hydrogen-bond acceptors (Lipinski definition) is 6. The molecule has 7 heteroatoms. The fourth-order valence-electron chi connectivity index (χ4n) is 2.69. The van der Waals surface area contributed by atoms with E-state index in [4.69, 9.17) is 13.6 Å². The molecule has 0 radical (unpaired) electrons. The van der Waals surface area contributed by atoms with E-state index >= 15 is 0 Å². The minimum atomic E-state index is -0.382. The van der Waals surface area contributed by atoms with Gasteiger partial charge in [-0.1, -0.05) is 0 Å². The molecule has 3 heterocycles. The number of hydrogen-bond donors (Lipinski definition) is 0. The van der Waals surface area contributed by atoms with Crippen LogP contribution >= 0.6 is 0 Å². The molecule has 0 aliphatic carbocycles. The van der Waals surface area contributed by atoms with Crippen LogP contribution in [-0.2, 0) is 4.74 Å². The summed E-state index contributed by atoms with van der Waals surface area (Å²) in [6.45, 7) is 8.67. The second kappa shape index (κ2) is 5.57.